The third-order valence-electron chi connectivity index (χ3n) is 3.74. The number of rotatable bonds is 3. The molecule has 20 heavy (non-hydrogen) atoms. The van der Waals surface area contributed by atoms with Crippen LogP contribution < -0.4 is 5.73 Å². The molecule has 4 nitrogen and oxygen atoms in total. The van der Waals surface area contributed by atoms with Gasteiger partial charge in [0, 0.05) is 12.6 Å². The highest BCUT2D eigenvalue weighted by Crippen LogP contribution is 2.31. The van der Waals surface area contributed by atoms with Crippen molar-refractivity contribution in [2.45, 2.75) is 30.7 Å². The van der Waals surface area contributed by atoms with Gasteiger partial charge in [0.15, 0.2) is 0 Å². The first kappa shape index (κ1) is 15.7. The summed E-state index contributed by atoms with van der Waals surface area (Å²) >= 11 is 5.88. The van der Waals surface area contributed by atoms with Crippen molar-refractivity contribution in [1.82, 2.24) is 4.31 Å². The van der Waals surface area contributed by atoms with Gasteiger partial charge in [-0.2, -0.15) is 4.31 Å². The highest BCUT2D eigenvalue weighted by atomic mass is 35.5. The minimum absolute atomic E-state index is 0.0508. The first-order chi connectivity index (χ1) is 9.36. The van der Waals surface area contributed by atoms with E-state index in [1.165, 1.54) is 10.4 Å². The number of piperidine rings is 1. The molecule has 0 aliphatic carbocycles. The molecular formula is C13H18ClFN2O2S. The molecule has 1 aromatic rings. The Kier molecular flexibility index (Phi) is 4.69. The molecule has 1 aromatic carbocycles. The van der Waals surface area contributed by atoms with Crippen LogP contribution in [0.1, 0.15) is 19.8 Å². The lowest BCUT2D eigenvalue weighted by atomic mass is 9.96. The highest BCUT2D eigenvalue weighted by Gasteiger charge is 2.35. The number of nitrogens with zero attached hydrogens (tertiary/aromatic N) is 1. The van der Waals surface area contributed by atoms with Crippen molar-refractivity contribution in [2.75, 3.05) is 13.1 Å². The monoisotopic (exact) mass is 320 g/mol. The maximum Gasteiger partial charge on any atom is 0.244 e. The smallest absolute Gasteiger partial charge is 0.244 e. The third kappa shape index (κ3) is 2.98. The Morgan fingerprint density at radius 3 is 2.75 bits per heavy atom. The molecule has 0 spiro atoms. The van der Waals surface area contributed by atoms with Crippen LogP contribution in [0.2, 0.25) is 5.02 Å². The van der Waals surface area contributed by atoms with Crippen molar-refractivity contribution in [3.05, 3.63) is 29.0 Å². The lowest BCUT2D eigenvalue weighted by Gasteiger charge is -2.36. The van der Waals surface area contributed by atoms with Gasteiger partial charge >= 0.3 is 0 Å². The van der Waals surface area contributed by atoms with Gasteiger partial charge in [-0.05, 0) is 50.4 Å². The molecule has 0 aromatic heterocycles. The zero-order valence-electron chi connectivity index (χ0n) is 11.2. The molecule has 1 fully saturated rings. The molecule has 0 amide bonds. The van der Waals surface area contributed by atoms with Crippen molar-refractivity contribution >= 4 is 21.6 Å². The minimum Gasteiger partial charge on any atom is -0.330 e. The topological polar surface area (TPSA) is 63.4 Å². The number of halogens is 2. The lowest BCUT2D eigenvalue weighted by molar-refractivity contribution is 0.211. The molecular weight excluding hydrogens is 303 g/mol. The zero-order valence-corrected chi connectivity index (χ0v) is 12.8. The SMILES string of the molecule is CC1CCC(CN)CN1S(=O)(=O)c1ccc(F)cc1Cl. The van der Waals surface area contributed by atoms with E-state index in [9.17, 15) is 12.8 Å². The van der Waals surface area contributed by atoms with Crippen LogP contribution >= 0.6 is 11.6 Å². The molecule has 2 rings (SSSR count). The fourth-order valence-electron chi connectivity index (χ4n) is 2.48. The minimum atomic E-state index is -3.72. The second kappa shape index (κ2) is 5.97. The molecule has 1 aliphatic heterocycles. The summed E-state index contributed by atoms with van der Waals surface area (Å²) in [6.07, 6.45) is 1.68. The first-order valence-electron chi connectivity index (χ1n) is 6.53. The Balaban J connectivity index is 2.38. The van der Waals surface area contributed by atoms with Crippen molar-refractivity contribution in [3.63, 3.8) is 0 Å². The van der Waals surface area contributed by atoms with Crippen LogP contribution in [0.15, 0.2) is 23.1 Å². The maximum atomic E-state index is 13.1. The highest BCUT2D eigenvalue weighted by molar-refractivity contribution is 7.89. The molecule has 0 radical (unpaired) electrons. The molecule has 112 valence electrons. The van der Waals surface area contributed by atoms with Gasteiger partial charge in [0.25, 0.3) is 0 Å². The van der Waals surface area contributed by atoms with Gasteiger partial charge in [-0.3, -0.25) is 0 Å². The van der Waals surface area contributed by atoms with E-state index in [2.05, 4.69) is 0 Å². The fourth-order valence-corrected chi connectivity index (χ4v) is 4.73. The lowest BCUT2D eigenvalue weighted by Crippen LogP contribution is -2.47. The molecule has 7 heteroatoms. The van der Waals surface area contributed by atoms with Crippen LogP contribution in [0.5, 0.6) is 0 Å². The second-order valence-corrected chi connectivity index (χ2v) is 7.44. The second-order valence-electron chi connectivity index (χ2n) is 5.18. The Hall–Kier alpha value is -0.690. The Morgan fingerprint density at radius 1 is 1.45 bits per heavy atom. The van der Waals surface area contributed by atoms with E-state index in [0.29, 0.717) is 13.1 Å². The maximum absolute atomic E-state index is 13.1. The molecule has 1 saturated heterocycles. The van der Waals surface area contributed by atoms with E-state index in [1.807, 2.05) is 6.92 Å². The Labute approximate surface area is 123 Å². The van der Waals surface area contributed by atoms with E-state index in [0.717, 1.165) is 25.0 Å². The average Bonchev–Trinajstić information content (AvgIpc) is 2.38. The normalized spacial score (nSPS) is 24.8. The summed E-state index contributed by atoms with van der Waals surface area (Å²) in [5.74, 6) is -0.402. The van der Waals surface area contributed by atoms with E-state index >= 15 is 0 Å². The van der Waals surface area contributed by atoms with Gasteiger partial charge in [-0.25, -0.2) is 12.8 Å². The van der Waals surface area contributed by atoms with E-state index in [1.54, 1.807) is 0 Å². The van der Waals surface area contributed by atoms with Crippen LogP contribution in [-0.2, 0) is 10.0 Å². The molecule has 0 bridgehead atoms. The third-order valence-corrected chi connectivity index (χ3v) is 6.20. The van der Waals surface area contributed by atoms with Crippen LogP contribution in [0, 0.1) is 11.7 Å². The summed E-state index contributed by atoms with van der Waals surface area (Å²) in [6.45, 7) is 2.70. The number of hydrogen-bond donors (Lipinski definition) is 1. The summed E-state index contributed by atoms with van der Waals surface area (Å²) in [5, 5.41) is -0.0907. The standard InChI is InChI=1S/C13H18ClFN2O2S/c1-9-2-3-10(7-16)8-17(9)20(18,19)13-5-4-11(15)6-12(13)14/h4-6,9-10H,2-3,7-8,16H2,1H3. The Morgan fingerprint density at radius 2 is 2.15 bits per heavy atom. The predicted molar refractivity (Wildman–Crippen MR) is 76.5 cm³/mol. The Bertz CT molecular complexity index is 594. The summed E-state index contributed by atoms with van der Waals surface area (Å²) < 4.78 is 39.8. The number of sulfonamides is 1. The molecule has 1 heterocycles. The quantitative estimate of drug-likeness (QED) is 0.929. The summed E-state index contributed by atoms with van der Waals surface area (Å²) in [4.78, 5) is -0.0508. The molecule has 1 aliphatic rings. The average molecular weight is 321 g/mol. The van der Waals surface area contributed by atoms with Crippen molar-refractivity contribution in [1.29, 1.82) is 0 Å². The molecule has 2 atom stereocenters. The summed E-state index contributed by atoms with van der Waals surface area (Å²) in [6, 6.07) is 3.23. The van der Waals surface area contributed by atoms with Gasteiger partial charge in [0.2, 0.25) is 10.0 Å². The number of hydrogen-bond acceptors (Lipinski definition) is 3. The van der Waals surface area contributed by atoms with Crippen LogP contribution in [0.4, 0.5) is 4.39 Å². The van der Waals surface area contributed by atoms with Crippen LogP contribution in [-0.4, -0.2) is 31.9 Å². The number of nitrogens with two attached hydrogens (primary N) is 1. The molecule has 2 unspecified atom stereocenters. The van der Waals surface area contributed by atoms with Crippen molar-refractivity contribution in [2.24, 2.45) is 11.7 Å². The van der Waals surface area contributed by atoms with Gasteiger partial charge in [0.05, 0.1) is 5.02 Å². The van der Waals surface area contributed by atoms with Gasteiger partial charge in [0.1, 0.15) is 10.7 Å². The van der Waals surface area contributed by atoms with E-state index < -0.39 is 15.8 Å². The summed E-state index contributed by atoms with van der Waals surface area (Å²) in [5.41, 5.74) is 5.65. The van der Waals surface area contributed by atoms with Gasteiger partial charge in [-0.15, -0.1) is 0 Å². The largest absolute Gasteiger partial charge is 0.330 e. The van der Waals surface area contributed by atoms with E-state index in [4.69, 9.17) is 17.3 Å². The molecule has 0 saturated carbocycles. The van der Waals surface area contributed by atoms with Crippen molar-refractivity contribution in [3.8, 4) is 0 Å². The predicted octanol–water partition coefficient (Wildman–Crippen LogP) is 2.23. The van der Waals surface area contributed by atoms with Gasteiger partial charge in [-0.1, -0.05) is 11.6 Å². The van der Waals surface area contributed by atoms with Crippen LogP contribution in [0.3, 0.4) is 0 Å². The van der Waals surface area contributed by atoms with Crippen molar-refractivity contribution < 1.29 is 12.8 Å². The van der Waals surface area contributed by atoms with Gasteiger partial charge < -0.3 is 5.73 Å². The first-order valence-corrected chi connectivity index (χ1v) is 8.35. The number of benzene rings is 1. The zero-order chi connectivity index (χ0) is 14.9. The van der Waals surface area contributed by atoms with E-state index in [-0.39, 0.29) is 21.9 Å². The van der Waals surface area contributed by atoms with Crippen LogP contribution in [0.25, 0.3) is 0 Å². The summed E-state index contributed by atoms with van der Waals surface area (Å²) in [7, 11) is -3.72. The molecule has 2 N–H and O–H groups in total. The fraction of sp³-hybridized carbons (Fsp3) is 0.538.